The van der Waals surface area contributed by atoms with Crippen molar-refractivity contribution >= 4 is 31.9 Å². The molecule has 0 aromatic heterocycles. The van der Waals surface area contributed by atoms with Gasteiger partial charge in [-0.25, -0.2) is 0 Å². The van der Waals surface area contributed by atoms with Crippen LogP contribution in [-0.2, 0) is 6.42 Å². The van der Waals surface area contributed by atoms with E-state index in [1.807, 2.05) is 0 Å². The summed E-state index contributed by atoms with van der Waals surface area (Å²) in [5.74, 6) is 0. The summed E-state index contributed by atoms with van der Waals surface area (Å²) in [6.45, 7) is 4.31. The molecule has 0 N–H and O–H groups in total. The van der Waals surface area contributed by atoms with Crippen molar-refractivity contribution in [2.75, 3.05) is 0 Å². The number of hydrogen-bond donors (Lipinski definition) is 0. The van der Waals surface area contributed by atoms with Crippen molar-refractivity contribution < 1.29 is 0 Å². The Labute approximate surface area is 126 Å². The lowest BCUT2D eigenvalue weighted by Crippen LogP contribution is -1.98. The standard InChI is InChI=1S/C16H16Br2/c1-11-6-7-12(2)15(8-11)16(18)10-13-4-3-5-14(17)9-13/h3-9,16H,10H2,1-2H3. The van der Waals surface area contributed by atoms with Gasteiger partial charge in [0.2, 0.25) is 0 Å². The van der Waals surface area contributed by atoms with Crippen molar-refractivity contribution in [2.45, 2.75) is 25.1 Å². The lowest BCUT2D eigenvalue weighted by atomic mass is 9.99. The molecule has 0 aliphatic rings. The van der Waals surface area contributed by atoms with E-state index in [4.69, 9.17) is 0 Å². The quantitative estimate of drug-likeness (QED) is 0.606. The van der Waals surface area contributed by atoms with Crippen LogP contribution in [0.1, 0.15) is 27.1 Å². The number of hydrogen-bond acceptors (Lipinski definition) is 0. The van der Waals surface area contributed by atoms with Crippen LogP contribution in [0.3, 0.4) is 0 Å². The Hall–Kier alpha value is -0.600. The summed E-state index contributed by atoms with van der Waals surface area (Å²) in [6, 6.07) is 15.1. The van der Waals surface area contributed by atoms with Crippen LogP contribution in [-0.4, -0.2) is 0 Å². The molecule has 0 saturated carbocycles. The van der Waals surface area contributed by atoms with E-state index in [1.165, 1.54) is 22.3 Å². The highest BCUT2D eigenvalue weighted by Gasteiger charge is 2.11. The molecule has 1 unspecified atom stereocenters. The number of benzene rings is 2. The van der Waals surface area contributed by atoms with Crippen molar-refractivity contribution in [3.8, 4) is 0 Å². The minimum absolute atomic E-state index is 0.367. The van der Waals surface area contributed by atoms with Crippen LogP contribution < -0.4 is 0 Å². The van der Waals surface area contributed by atoms with E-state index < -0.39 is 0 Å². The van der Waals surface area contributed by atoms with Gasteiger partial charge >= 0.3 is 0 Å². The van der Waals surface area contributed by atoms with Crippen LogP contribution in [0.25, 0.3) is 0 Å². The molecule has 0 spiro atoms. The molecule has 2 rings (SSSR count). The minimum Gasteiger partial charge on any atom is -0.0835 e. The average Bonchev–Trinajstić information content (AvgIpc) is 2.32. The van der Waals surface area contributed by atoms with Crippen molar-refractivity contribution in [1.82, 2.24) is 0 Å². The maximum Gasteiger partial charge on any atom is 0.0438 e. The van der Waals surface area contributed by atoms with Crippen molar-refractivity contribution in [3.05, 3.63) is 69.2 Å². The van der Waals surface area contributed by atoms with Gasteiger partial charge in [-0.2, -0.15) is 0 Å². The molecule has 18 heavy (non-hydrogen) atoms. The van der Waals surface area contributed by atoms with Gasteiger partial charge in [0.15, 0.2) is 0 Å². The first kappa shape index (κ1) is 13.8. The Kier molecular flexibility index (Phi) is 4.63. The van der Waals surface area contributed by atoms with E-state index in [-0.39, 0.29) is 0 Å². The zero-order chi connectivity index (χ0) is 13.1. The second-order valence-electron chi connectivity index (χ2n) is 4.66. The van der Waals surface area contributed by atoms with Gasteiger partial charge in [-0.15, -0.1) is 0 Å². The van der Waals surface area contributed by atoms with E-state index in [2.05, 4.69) is 88.2 Å². The largest absolute Gasteiger partial charge is 0.0835 e. The van der Waals surface area contributed by atoms with Crippen LogP contribution in [0.4, 0.5) is 0 Å². The molecule has 0 fully saturated rings. The zero-order valence-corrected chi connectivity index (χ0v) is 13.8. The van der Waals surface area contributed by atoms with E-state index >= 15 is 0 Å². The van der Waals surface area contributed by atoms with Crippen LogP contribution in [0.5, 0.6) is 0 Å². The third-order valence-electron chi connectivity index (χ3n) is 3.08. The lowest BCUT2D eigenvalue weighted by Gasteiger charge is -2.14. The second kappa shape index (κ2) is 6.03. The highest BCUT2D eigenvalue weighted by Crippen LogP contribution is 2.30. The molecule has 2 heteroatoms. The normalized spacial score (nSPS) is 12.4. The lowest BCUT2D eigenvalue weighted by molar-refractivity contribution is 0.935. The molecule has 0 saturated heterocycles. The smallest absolute Gasteiger partial charge is 0.0438 e. The summed E-state index contributed by atoms with van der Waals surface area (Å²) in [5, 5.41) is 0. The highest BCUT2D eigenvalue weighted by atomic mass is 79.9. The molecule has 0 heterocycles. The molecular weight excluding hydrogens is 352 g/mol. The van der Waals surface area contributed by atoms with Gasteiger partial charge in [-0.3, -0.25) is 0 Å². The maximum atomic E-state index is 3.82. The number of aryl methyl sites for hydroxylation is 2. The summed E-state index contributed by atoms with van der Waals surface area (Å²) in [7, 11) is 0. The van der Waals surface area contributed by atoms with E-state index in [0.717, 1.165) is 10.9 Å². The molecule has 2 aromatic carbocycles. The van der Waals surface area contributed by atoms with Gasteiger partial charge in [0.25, 0.3) is 0 Å². The summed E-state index contributed by atoms with van der Waals surface area (Å²) >= 11 is 7.34. The van der Waals surface area contributed by atoms with Crippen molar-refractivity contribution in [1.29, 1.82) is 0 Å². The Morgan fingerprint density at radius 2 is 1.83 bits per heavy atom. The van der Waals surface area contributed by atoms with Gasteiger partial charge in [0, 0.05) is 9.30 Å². The van der Waals surface area contributed by atoms with Gasteiger partial charge in [-0.05, 0) is 49.1 Å². The molecule has 0 aliphatic carbocycles. The fourth-order valence-electron chi connectivity index (χ4n) is 2.08. The minimum atomic E-state index is 0.367. The third kappa shape index (κ3) is 3.46. The predicted octanol–water partition coefficient (Wildman–Crippen LogP) is 5.74. The molecule has 0 nitrogen and oxygen atoms in total. The summed E-state index contributed by atoms with van der Waals surface area (Å²) in [6.07, 6.45) is 1.00. The molecule has 94 valence electrons. The van der Waals surface area contributed by atoms with Crippen molar-refractivity contribution in [3.63, 3.8) is 0 Å². The van der Waals surface area contributed by atoms with Crippen molar-refractivity contribution in [2.24, 2.45) is 0 Å². The molecule has 0 aliphatic heterocycles. The second-order valence-corrected chi connectivity index (χ2v) is 6.68. The Morgan fingerprint density at radius 1 is 1.06 bits per heavy atom. The van der Waals surface area contributed by atoms with Crippen LogP contribution in [0.15, 0.2) is 46.9 Å². The predicted molar refractivity (Wildman–Crippen MR) is 85.4 cm³/mol. The molecule has 1 atom stereocenters. The highest BCUT2D eigenvalue weighted by molar-refractivity contribution is 9.10. The topological polar surface area (TPSA) is 0 Å². The van der Waals surface area contributed by atoms with Gasteiger partial charge in [-0.1, -0.05) is 67.8 Å². The number of halogens is 2. The first-order valence-corrected chi connectivity index (χ1v) is 7.73. The molecule has 0 bridgehead atoms. The average molecular weight is 368 g/mol. The Balaban J connectivity index is 2.21. The summed E-state index contributed by atoms with van der Waals surface area (Å²) in [4.78, 5) is 0.367. The van der Waals surface area contributed by atoms with E-state index in [9.17, 15) is 0 Å². The SMILES string of the molecule is Cc1ccc(C)c(C(Br)Cc2cccc(Br)c2)c1. The van der Waals surface area contributed by atoms with E-state index in [1.54, 1.807) is 0 Å². The molecular formula is C16H16Br2. The number of rotatable bonds is 3. The Morgan fingerprint density at radius 3 is 2.56 bits per heavy atom. The fraction of sp³-hybridized carbons (Fsp3) is 0.250. The number of alkyl halides is 1. The summed E-state index contributed by atoms with van der Waals surface area (Å²) < 4.78 is 1.14. The molecule has 0 radical (unpaired) electrons. The van der Waals surface area contributed by atoms with Gasteiger partial charge in [0.05, 0.1) is 0 Å². The maximum absolute atomic E-state index is 3.82. The fourth-order valence-corrected chi connectivity index (χ4v) is 3.39. The molecule has 2 aromatic rings. The third-order valence-corrected chi connectivity index (χ3v) is 4.39. The first-order chi connectivity index (χ1) is 8.56. The van der Waals surface area contributed by atoms with E-state index in [0.29, 0.717) is 4.83 Å². The molecule has 0 amide bonds. The van der Waals surface area contributed by atoms with Gasteiger partial charge in [0.1, 0.15) is 0 Å². The summed E-state index contributed by atoms with van der Waals surface area (Å²) in [5.41, 5.74) is 5.38. The Bertz CT molecular complexity index is 547. The first-order valence-electron chi connectivity index (χ1n) is 6.02. The van der Waals surface area contributed by atoms with Crippen LogP contribution in [0.2, 0.25) is 0 Å². The van der Waals surface area contributed by atoms with Crippen LogP contribution in [0, 0.1) is 13.8 Å². The monoisotopic (exact) mass is 366 g/mol. The van der Waals surface area contributed by atoms with Gasteiger partial charge < -0.3 is 0 Å². The van der Waals surface area contributed by atoms with Crippen LogP contribution >= 0.6 is 31.9 Å². The zero-order valence-electron chi connectivity index (χ0n) is 10.6.